The third-order valence-electron chi connectivity index (χ3n) is 3.46. The minimum absolute atomic E-state index is 0.389. The highest BCUT2D eigenvalue weighted by Gasteiger charge is 2.43. The second-order valence-electron chi connectivity index (χ2n) is 4.46. The minimum Gasteiger partial charge on any atom is -0.228 e. The molecular weight excluding hydrogens is 258 g/mol. The predicted molar refractivity (Wildman–Crippen MR) is 77.1 cm³/mol. The van der Waals surface area contributed by atoms with Gasteiger partial charge in [0.1, 0.15) is 4.75 Å². The van der Waals surface area contributed by atoms with E-state index in [9.17, 15) is 8.42 Å². The van der Waals surface area contributed by atoms with Crippen molar-refractivity contribution in [3.05, 3.63) is 71.8 Å². The molecule has 0 amide bonds. The van der Waals surface area contributed by atoms with Crippen molar-refractivity contribution in [2.24, 2.45) is 5.14 Å². The zero-order valence-corrected chi connectivity index (χ0v) is 11.6. The Balaban J connectivity index is 2.78. The smallest absolute Gasteiger partial charge is 0.223 e. The fourth-order valence-corrected chi connectivity index (χ4v) is 3.85. The van der Waals surface area contributed by atoms with Gasteiger partial charge in [0.25, 0.3) is 0 Å². The summed E-state index contributed by atoms with van der Waals surface area (Å²) in [6, 6.07) is 18.3. The number of sulfonamides is 1. The van der Waals surface area contributed by atoms with Crippen molar-refractivity contribution < 1.29 is 8.42 Å². The highest BCUT2D eigenvalue weighted by Crippen LogP contribution is 2.39. The van der Waals surface area contributed by atoms with Crippen LogP contribution in [0.2, 0.25) is 0 Å². The molecular formula is C15H17NO2S. The molecule has 19 heavy (non-hydrogen) atoms. The van der Waals surface area contributed by atoms with Crippen LogP contribution in [0.4, 0.5) is 0 Å². The van der Waals surface area contributed by atoms with Crippen LogP contribution in [0.5, 0.6) is 0 Å². The molecule has 0 saturated carbocycles. The molecule has 0 spiro atoms. The molecule has 0 bridgehead atoms. The van der Waals surface area contributed by atoms with Gasteiger partial charge in [-0.2, -0.15) is 0 Å². The second kappa shape index (κ2) is 5.15. The molecule has 2 N–H and O–H groups in total. The molecule has 0 heterocycles. The Hall–Kier alpha value is -1.65. The molecule has 0 saturated heterocycles. The molecule has 2 aromatic rings. The van der Waals surface area contributed by atoms with E-state index in [-0.39, 0.29) is 0 Å². The molecule has 0 aromatic heterocycles. The van der Waals surface area contributed by atoms with Gasteiger partial charge in [-0.15, -0.1) is 0 Å². The van der Waals surface area contributed by atoms with Crippen LogP contribution in [0, 0.1) is 0 Å². The van der Waals surface area contributed by atoms with Gasteiger partial charge >= 0.3 is 0 Å². The first-order chi connectivity index (χ1) is 9.02. The summed E-state index contributed by atoms with van der Waals surface area (Å²) < 4.78 is 23.3. The Morgan fingerprint density at radius 3 is 1.53 bits per heavy atom. The normalized spacial score (nSPS) is 12.3. The molecule has 0 unspecified atom stereocenters. The Kier molecular flexibility index (Phi) is 3.73. The lowest BCUT2D eigenvalue weighted by atomic mass is 9.88. The van der Waals surface area contributed by atoms with Crippen LogP contribution in [-0.2, 0) is 14.8 Å². The van der Waals surface area contributed by atoms with Crippen LogP contribution in [0.3, 0.4) is 0 Å². The summed E-state index contributed by atoms with van der Waals surface area (Å²) >= 11 is 0. The Labute approximate surface area is 114 Å². The highest BCUT2D eigenvalue weighted by molar-refractivity contribution is 7.90. The number of nitrogens with two attached hydrogens (primary N) is 1. The molecule has 2 rings (SSSR count). The SMILES string of the molecule is CCC(c1ccccc1)(c1ccccc1)S(N)(=O)=O. The highest BCUT2D eigenvalue weighted by atomic mass is 32.2. The van der Waals surface area contributed by atoms with Gasteiger partial charge in [-0.1, -0.05) is 67.6 Å². The van der Waals surface area contributed by atoms with Crippen LogP contribution in [0.15, 0.2) is 60.7 Å². The summed E-state index contributed by atoms with van der Waals surface area (Å²) in [6.07, 6.45) is 0.389. The lowest BCUT2D eigenvalue weighted by molar-refractivity contribution is 0.547. The average Bonchev–Trinajstić information content (AvgIpc) is 2.41. The number of hydrogen-bond acceptors (Lipinski definition) is 2. The van der Waals surface area contributed by atoms with Crippen LogP contribution >= 0.6 is 0 Å². The minimum atomic E-state index is -3.78. The first-order valence-corrected chi connectivity index (χ1v) is 7.70. The van der Waals surface area contributed by atoms with Crippen molar-refractivity contribution in [2.45, 2.75) is 18.1 Å². The van der Waals surface area contributed by atoms with Crippen molar-refractivity contribution in [2.75, 3.05) is 0 Å². The first-order valence-electron chi connectivity index (χ1n) is 6.16. The van der Waals surface area contributed by atoms with Crippen molar-refractivity contribution in [1.29, 1.82) is 0 Å². The van der Waals surface area contributed by atoms with Crippen LogP contribution in [0.25, 0.3) is 0 Å². The van der Waals surface area contributed by atoms with Gasteiger partial charge in [0.15, 0.2) is 0 Å². The molecule has 0 aliphatic carbocycles. The summed E-state index contributed by atoms with van der Waals surface area (Å²) in [5, 5.41) is 5.56. The molecule has 0 fully saturated rings. The van der Waals surface area contributed by atoms with Crippen molar-refractivity contribution in [3.8, 4) is 0 Å². The van der Waals surface area contributed by atoms with E-state index in [0.717, 1.165) is 0 Å². The third-order valence-corrected chi connectivity index (χ3v) is 5.20. The maximum atomic E-state index is 12.3. The summed E-state index contributed by atoms with van der Waals surface area (Å²) in [5.41, 5.74) is 1.40. The van der Waals surface area contributed by atoms with E-state index in [1.807, 2.05) is 43.3 Å². The lowest BCUT2D eigenvalue weighted by Gasteiger charge is -2.31. The van der Waals surface area contributed by atoms with E-state index >= 15 is 0 Å². The summed E-state index contributed by atoms with van der Waals surface area (Å²) in [4.78, 5) is 0. The molecule has 0 aliphatic heterocycles. The molecule has 4 heteroatoms. The van der Waals surface area contributed by atoms with Gasteiger partial charge in [-0.3, -0.25) is 0 Å². The van der Waals surface area contributed by atoms with Gasteiger partial charge in [-0.25, -0.2) is 13.6 Å². The Morgan fingerprint density at radius 1 is 0.895 bits per heavy atom. The first kappa shape index (κ1) is 13.8. The average molecular weight is 275 g/mol. The van der Waals surface area contributed by atoms with Crippen LogP contribution in [0.1, 0.15) is 24.5 Å². The number of benzene rings is 2. The van der Waals surface area contributed by atoms with Gasteiger partial charge in [0, 0.05) is 0 Å². The van der Waals surface area contributed by atoms with Crippen molar-refractivity contribution >= 4 is 10.0 Å². The maximum Gasteiger partial charge on any atom is 0.223 e. The molecule has 0 atom stereocenters. The van der Waals surface area contributed by atoms with Gasteiger partial charge < -0.3 is 0 Å². The van der Waals surface area contributed by atoms with E-state index in [1.165, 1.54) is 0 Å². The monoisotopic (exact) mass is 275 g/mol. The fraction of sp³-hybridized carbons (Fsp3) is 0.200. The summed E-state index contributed by atoms with van der Waals surface area (Å²) in [7, 11) is -3.78. The lowest BCUT2D eigenvalue weighted by Crippen LogP contribution is -2.41. The maximum absolute atomic E-state index is 12.3. The molecule has 100 valence electrons. The molecule has 3 nitrogen and oxygen atoms in total. The van der Waals surface area contributed by atoms with E-state index in [4.69, 9.17) is 5.14 Å². The largest absolute Gasteiger partial charge is 0.228 e. The quantitative estimate of drug-likeness (QED) is 0.932. The predicted octanol–water partition coefficient (Wildman–Crippen LogP) is 2.63. The number of rotatable bonds is 4. The standard InChI is InChI=1S/C15H17NO2S/c1-2-15(19(16,17)18,13-9-5-3-6-10-13)14-11-7-4-8-12-14/h3-12H,2H2,1H3,(H2,16,17,18). The van der Waals surface area contributed by atoms with Gasteiger partial charge in [0.2, 0.25) is 10.0 Å². The molecule has 0 aliphatic rings. The Bertz CT molecular complexity index is 597. The number of hydrogen-bond donors (Lipinski definition) is 1. The van der Waals surface area contributed by atoms with Gasteiger partial charge in [-0.05, 0) is 17.5 Å². The van der Waals surface area contributed by atoms with E-state index in [1.54, 1.807) is 24.3 Å². The fourth-order valence-electron chi connectivity index (χ4n) is 2.52. The number of primary sulfonamides is 1. The van der Waals surface area contributed by atoms with Crippen LogP contribution in [-0.4, -0.2) is 8.42 Å². The van der Waals surface area contributed by atoms with E-state index in [2.05, 4.69) is 0 Å². The molecule has 0 radical (unpaired) electrons. The molecule has 2 aromatic carbocycles. The Morgan fingerprint density at radius 2 is 1.26 bits per heavy atom. The zero-order chi connectivity index (χ0) is 13.9. The topological polar surface area (TPSA) is 60.2 Å². The summed E-state index contributed by atoms with van der Waals surface area (Å²) in [6.45, 7) is 1.84. The summed E-state index contributed by atoms with van der Waals surface area (Å²) in [5.74, 6) is 0. The zero-order valence-electron chi connectivity index (χ0n) is 10.8. The van der Waals surface area contributed by atoms with Crippen LogP contribution < -0.4 is 5.14 Å². The van der Waals surface area contributed by atoms with Gasteiger partial charge in [0.05, 0.1) is 0 Å². The second-order valence-corrected chi connectivity index (χ2v) is 6.24. The van der Waals surface area contributed by atoms with E-state index < -0.39 is 14.8 Å². The van der Waals surface area contributed by atoms with Crippen molar-refractivity contribution in [1.82, 2.24) is 0 Å². The van der Waals surface area contributed by atoms with E-state index in [0.29, 0.717) is 17.5 Å². The third kappa shape index (κ3) is 2.29. The van der Waals surface area contributed by atoms with Crippen molar-refractivity contribution in [3.63, 3.8) is 0 Å².